The first kappa shape index (κ1) is 89.7. The second-order valence-electron chi connectivity index (χ2n) is 33.7. The van der Waals surface area contributed by atoms with Crippen molar-refractivity contribution in [2.24, 2.45) is 52.3 Å². The largest absolute Gasteiger partial charge is 0.504 e. The predicted octanol–water partition coefficient (Wildman–Crippen LogP) is 10.4. The first-order valence-corrected chi connectivity index (χ1v) is 40.5. The van der Waals surface area contributed by atoms with E-state index in [1.165, 1.54) is 19.1 Å². The second-order valence-corrected chi connectivity index (χ2v) is 33.7. The number of esters is 4. The summed E-state index contributed by atoms with van der Waals surface area (Å²) in [6.45, 7) is 17.3. The van der Waals surface area contributed by atoms with Crippen LogP contribution in [0.1, 0.15) is 204 Å². The van der Waals surface area contributed by atoms with Crippen LogP contribution in [0.4, 0.5) is 0 Å². The molecule has 3 saturated heterocycles. The minimum Gasteiger partial charge on any atom is -0.504 e. The maximum atomic E-state index is 14.9. The summed E-state index contributed by atoms with van der Waals surface area (Å²) in [4.78, 5) is 150. The molecule has 20 atom stereocenters. The van der Waals surface area contributed by atoms with Crippen molar-refractivity contribution in [2.45, 2.75) is 270 Å². The van der Waals surface area contributed by atoms with E-state index in [9.17, 15) is 63.3 Å². The number of cyclic esters (lactones) is 2. The van der Waals surface area contributed by atoms with Crippen molar-refractivity contribution >= 4 is 58.7 Å². The molecule has 111 heavy (non-hydrogen) atoms. The number of unbranched alkanes of at least 4 members (excludes halogenated alkanes) is 3. The summed E-state index contributed by atoms with van der Waals surface area (Å²) in [6, 6.07) is -1.23. The molecule has 25 nitrogen and oxygen atoms in total. The molecular formula is C86H127N3O22. The van der Waals surface area contributed by atoms with Crippen LogP contribution in [0.15, 0.2) is 81.9 Å². The number of aliphatic hydroxyl groups excluding tert-OH is 2. The molecule has 0 spiro atoms. The average Bonchev–Trinajstić information content (AvgIpc) is 1.66. The zero-order chi connectivity index (χ0) is 81.6. The zero-order valence-corrected chi connectivity index (χ0v) is 68.7. The molecule has 8 aliphatic rings. The van der Waals surface area contributed by atoms with Gasteiger partial charge in [0.15, 0.2) is 23.8 Å². The lowest BCUT2D eigenvalue weighted by atomic mass is 9.53. The van der Waals surface area contributed by atoms with E-state index in [0.29, 0.717) is 108 Å². The van der Waals surface area contributed by atoms with Crippen LogP contribution in [-0.4, -0.2) is 231 Å². The predicted molar refractivity (Wildman–Crippen MR) is 412 cm³/mol. The number of amides is 1. The van der Waals surface area contributed by atoms with Gasteiger partial charge in [-0.05, 0) is 166 Å². The summed E-state index contributed by atoms with van der Waals surface area (Å²) in [5.41, 5.74) is -0.751. The van der Waals surface area contributed by atoms with Gasteiger partial charge in [-0.2, -0.15) is 0 Å². The molecule has 5 fully saturated rings. The van der Waals surface area contributed by atoms with Gasteiger partial charge in [0.2, 0.25) is 11.6 Å². The number of hydrogen-bond donors (Lipinski definition) is 3. The van der Waals surface area contributed by atoms with Crippen LogP contribution in [0.3, 0.4) is 0 Å². The summed E-state index contributed by atoms with van der Waals surface area (Å²) < 4.78 is 54.7. The first-order valence-electron chi connectivity index (χ1n) is 40.5. The fraction of sp³-hybridized carbons (Fsp3) is 0.721. The van der Waals surface area contributed by atoms with Crippen molar-refractivity contribution in [2.75, 3.05) is 75.8 Å². The molecule has 8 rings (SSSR count). The number of fused-ring (bicyclic) bond motifs is 7. The van der Waals surface area contributed by atoms with Crippen molar-refractivity contribution in [3.8, 4) is 0 Å². The molecule has 4 heterocycles. The minimum atomic E-state index is -2.50. The van der Waals surface area contributed by atoms with Gasteiger partial charge in [0.05, 0.1) is 42.0 Å². The first-order chi connectivity index (χ1) is 52.6. The van der Waals surface area contributed by atoms with Crippen molar-refractivity contribution < 1.29 is 106 Å². The molecule has 4 aliphatic carbocycles. The zero-order valence-electron chi connectivity index (χ0n) is 68.7. The standard InChI is InChI=1S/C86H127N3O22/c1-50-27-20-19-21-28-51(2)64(104-14)45-58-34-32-56(7)86(102,111-58)80(98)81(99)89-40-25-24-29-61(89)83(101)108-65(53(4)43-57-33-36-62(90)66(44-57)105-15)46-63(91)52(3)42-55(6)78(79(106-16)75(95)54(5)41-50)110-71(94)31-23-18-17-22-30-70(93)107-67-47-84(8)60(35-37-68(84)92)72-74(67)85(9)69(49-103-13)109-82(100)59(73(85)77(97)76(72)96)48-88(12)39-26-38-87(10)11/h19-21,27-28,42,48,50,52-54,56-58,60-62,64-67,69,78-79,90,97,102H,17-18,22-26,29-41,43-47,49H2,1-16H3/b21-19+,27-20+,51-28+,55-42+,59-48+/t50-,52-,53-,54-,56-,57+,58+,60+,61+,62-,64+,65+,66-,67-,69-,78-,79+,84+,85+,86-/m1/s1. The lowest BCUT2D eigenvalue weighted by molar-refractivity contribution is -0.265. The van der Waals surface area contributed by atoms with E-state index in [0.717, 1.165) is 18.5 Å². The van der Waals surface area contributed by atoms with Crippen molar-refractivity contribution in [3.63, 3.8) is 0 Å². The van der Waals surface area contributed by atoms with Crippen LogP contribution in [0.2, 0.25) is 0 Å². The molecule has 4 aliphatic heterocycles. The van der Waals surface area contributed by atoms with E-state index < -0.39 is 154 Å². The van der Waals surface area contributed by atoms with Crippen LogP contribution in [0, 0.1) is 52.3 Å². The molecule has 1 amide bonds. The number of rotatable bonds is 22. The quantitative estimate of drug-likeness (QED) is 0.0226. The Hall–Kier alpha value is -6.84. The van der Waals surface area contributed by atoms with Crippen molar-refractivity contribution in [1.29, 1.82) is 0 Å². The SMILES string of the molecule is COC[C@H]1OC(=O)/C(=C/N(C)CCCN(C)C)C2=C(O)C(=O)C3=C([C@H](OC(=O)CCCCCCC(=O)O[C@@H]4/C(C)=C/[C@@H](C)C(=O)C[C@@H]([C@H](C)C[C@@H]5CC[C@@H](O)[C@H](OC)C5)OC(=O)[C@@H]5CCCCN5C(=O)C(=O)[C@]5(O)O[C@@H](CC[C@H]5C)C[C@H](OC)/C(C)=C/C=C/C=C/[C@@H](C)C[C@@H](C)C(=O)[C@@H]4OC)C[C@]4(C)C(=O)CC[C@@H]34)[C@]21C. The maximum Gasteiger partial charge on any atom is 0.340 e. The van der Waals surface area contributed by atoms with E-state index >= 15 is 0 Å². The average molecular weight is 1550 g/mol. The number of hydrogen-bond acceptors (Lipinski definition) is 24. The molecule has 0 unspecified atom stereocenters. The molecule has 25 heteroatoms. The summed E-state index contributed by atoms with van der Waals surface area (Å²) in [7, 11) is 11.6. The topological polar surface area (TPSA) is 324 Å². The van der Waals surface area contributed by atoms with Crippen LogP contribution >= 0.6 is 0 Å². The van der Waals surface area contributed by atoms with Crippen molar-refractivity contribution in [3.05, 3.63) is 81.9 Å². The van der Waals surface area contributed by atoms with Gasteiger partial charge in [-0.15, -0.1) is 0 Å². The number of methoxy groups -OCH3 is 4. The van der Waals surface area contributed by atoms with Gasteiger partial charge in [0.25, 0.3) is 11.7 Å². The number of piperidine rings is 1. The molecule has 2 bridgehead atoms. The van der Waals surface area contributed by atoms with Gasteiger partial charge in [0, 0.05) is 134 Å². The molecule has 618 valence electrons. The van der Waals surface area contributed by atoms with Crippen LogP contribution in [-0.2, 0) is 90.6 Å². The third-order valence-corrected chi connectivity index (χ3v) is 25.1. The van der Waals surface area contributed by atoms with E-state index in [2.05, 4.69) is 0 Å². The molecule has 2 saturated carbocycles. The summed E-state index contributed by atoms with van der Waals surface area (Å²) in [5.74, 6) is -13.2. The smallest absolute Gasteiger partial charge is 0.340 e. The molecule has 0 aromatic carbocycles. The third-order valence-electron chi connectivity index (χ3n) is 25.1. The summed E-state index contributed by atoms with van der Waals surface area (Å²) >= 11 is 0. The lowest BCUT2D eigenvalue weighted by Crippen LogP contribution is -2.61. The van der Waals surface area contributed by atoms with Gasteiger partial charge in [-0.25, -0.2) is 9.59 Å². The van der Waals surface area contributed by atoms with Gasteiger partial charge in [0.1, 0.15) is 35.9 Å². The van der Waals surface area contributed by atoms with Crippen LogP contribution in [0.25, 0.3) is 0 Å². The maximum absolute atomic E-state index is 14.9. The Morgan fingerprint density at radius 1 is 0.766 bits per heavy atom. The molecule has 0 radical (unpaired) electrons. The van der Waals surface area contributed by atoms with Gasteiger partial charge in [-0.3, -0.25) is 38.4 Å². The molecule has 0 aromatic rings. The number of Topliss-reactive ketones (excluding diaryl/α,β-unsaturated/α-hetero) is 5. The van der Waals surface area contributed by atoms with E-state index in [1.807, 2.05) is 75.0 Å². The second kappa shape index (κ2) is 40.0. The number of allylic oxidation sites excluding steroid dienone is 7. The Bertz CT molecular complexity index is 3610. The highest BCUT2D eigenvalue weighted by atomic mass is 16.6. The van der Waals surface area contributed by atoms with E-state index in [1.54, 1.807) is 75.1 Å². The number of carbonyl (C=O) groups is 10. The lowest BCUT2D eigenvalue weighted by Gasteiger charge is -2.53. The Morgan fingerprint density at radius 3 is 2.14 bits per heavy atom. The molecular weight excluding hydrogens is 1430 g/mol. The number of nitrogens with zero attached hydrogens (tertiary/aromatic N) is 3. The fourth-order valence-corrected chi connectivity index (χ4v) is 18.4. The van der Waals surface area contributed by atoms with Gasteiger partial charge in [-0.1, -0.05) is 90.8 Å². The highest BCUT2D eigenvalue weighted by Gasteiger charge is 2.65. The van der Waals surface area contributed by atoms with Gasteiger partial charge < -0.3 is 72.7 Å². The van der Waals surface area contributed by atoms with Crippen LogP contribution < -0.4 is 0 Å². The Balaban J connectivity index is 1.01. The normalized spacial score (nSPS) is 36.2. The number of ketones is 5. The van der Waals surface area contributed by atoms with E-state index in [-0.39, 0.29) is 104 Å². The highest BCUT2D eigenvalue weighted by molar-refractivity contribution is 6.39. The Kier molecular flexibility index (Phi) is 32.3. The fourth-order valence-electron chi connectivity index (χ4n) is 18.4. The van der Waals surface area contributed by atoms with Crippen molar-refractivity contribution in [1.82, 2.24) is 14.7 Å². The minimum absolute atomic E-state index is 0.0127. The number of aliphatic hydroxyl groups is 3. The summed E-state index contributed by atoms with van der Waals surface area (Å²) in [5, 5.41) is 35.0. The van der Waals surface area contributed by atoms with E-state index in [4.69, 9.17) is 42.6 Å². The van der Waals surface area contributed by atoms with Gasteiger partial charge >= 0.3 is 23.9 Å². The Morgan fingerprint density at radius 2 is 1.47 bits per heavy atom. The molecule has 0 aromatic heterocycles. The molecule has 3 N–H and O–H groups in total. The number of ether oxygens (including phenoxy) is 9. The summed E-state index contributed by atoms with van der Waals surface area (Å²) in [6.07, 6.45) is 11.7. The Labute approximate surface area is 656 Å². The number of carbonyl (C=O) groups excluding carboxylic acids is 10. The highest BCUT2D eigenvalue weighted by Crippen LogP contribution is 2.62. The van der Waals surface area contributed by atoms with Crippen LogP contribution in [0.5, 0.6) is 0 Å². The third kappa shape index (κ3) is 21.2. The monoisotopic (exact) mass is 1550 g/mol.